The molecule has 0 saturated heterocycles. The van der Waals surface area contributed by atoms with Gasteiger partial charge >= 0.3 is 6.18 Å². The van der Waals surface area contributed by atoms with Gasteiger partial charge in [0.05, 0.1) is 6.54 Å². The fraction of sp³-hybridized carbons (Fsp3) is 0.231. The van der Waals surface area contributed by atoms with E-state index in [1.807, 2.05) is 0 Å². The molecule has 1 amide bonds. The molecular formula is C13H13F3N4O. The van der Waals surface area contributed by atoms with Crippen LogP contribution in [0.25, 0.3) is 0 Å². The van der Waals surface area contributed by atoms with E-state index in [2.05, 4.69) is 5.10 Å². The van der Waals surface area contributed by atoms with Crippen molar-refractivity contribution in [3.8, 4) is 0 Å². The fourth-order valence-electron chi connectivity index (χ4n) is 1.90. The smallest absolute Gasteiger partial charge is 0.368 e. The number of carbonyl (C=O) groups is 1. The summed E-state index contributed by atoms with van der Waals surface area (Å²) in [7, 11) is 0. The number of primary amides is 1. The average Bonchev–Trinajstić information content (AvgIpc) is 2.88. The lowest BCUT2D eigenvalue weighted by atomic mass is 9.90. The van der Waals surface area contributed by atoms with Crippen molar-refractivity contribution in [1.29, 1.82) is 0 Å². The van der Waals surface area contributed by atoms with E-state index in [9.17, 15) is 18.0 Å². The summed E-state index contributed by atoms with van der Waals surface area (Å²) in [5.41, 5.74) is 9.02. The molecule has 112 valence electrons. The van der Waals surface area contributed by atoms with E-state index in [0.29, 0.717) is 5.56 Å². The normalized spacial score (nSPS) is 14.7. The molecule has 1 aromatic carbocycles. The molecule has 0 radical (unpaired) electrons. The molecule has 0 spiro atoms. The molecule has 0 saturated carbocycles. The summed E-state index contributed by atoms with van der Waals surface area (Å²) in [5, 5.41) is 3.38. The van der Waals surface area contributed by atoms with Gasteiger partial charge in [-0.1, -0.05) is 30.3 Å². The van der Waals surface area contributed by atoms with Crippen LogP contribution in [0.2, 0.25) is 0 Å². The number of nitrogens with two attached hydrogens (primary N) is 2. The van der Waals surface area contributed by atoms with Gasteiger partial charge in [-0.2, -0.15) is 18.3 Å². The van der Waals surface area contributed by atoms with Crippen LogP contribution >= 0.6 is 0 Å². The highest BCUT2D eigenvalue weighted by molar-refractivity contribution is 5.85. The summed E-state index contributed by atoms with van der Waals surface area (Å²) < 4.78 is 38.5. The predicted octanol–water partition coefficient (Wildman–Crippen LogP) is 1.24. The van der Waals surface area contributed by atoms with Crippen molar-refractivity contribution >= 4 is 5.91 Å². The van der Waals surface area contributed by atoms with Crippen molar-refractivity contribution in [2.45, 2.75) is 18.3 Å². The monoisotopic (exact) mass is 298 g/mol. The number of amides is 1. The summed E-state index contributed by atoms with van der Waals surface area (Å²) in [5.74, 6) is -0.849. The zero-order chi connectivity index (χ0) is 15.7. The van der Waals surface area contributed by atoms with Crippen molar-refractivity contribution in [2.75, 3.05) is 0 Å². The Morgan fingerprint density at radius 2 is 1.81 bits per heavy atom. The lowest BCUT2D eigenvalue weighted by Gasteiger charge is -2.26. The van der Waals surface area contributed by atoms with Crippen LogP contribution in [0.1, 0.15) is 11.3 Å². The molecule has 2 rings (SSSR count). The summed E-state index contributed by atoms with van der Waals surface area (Å²) in [6.45, 7) is -0.289. The number of aromatic nitrogens is 2. The minimum atomic E-state index is -4.55. The van der Waals surface area contributed by atoms with Gasteiger partial charge in [-0.3, -0.25) is 9.48 Å². The molecule has 5 nitrogen and oxygen atoms in total. The highest BCUT2D eigenvalue weighted by Gasteiger charge is 2.37. The topological polar surface area (TPSA) is 86.9 Å². The zero-order valence-electron chi connectivity index (χ0n) is 10.8. The van der Waals surface area contributed by atoms with E-state index in [-0.39, 0.29) is 6.54 Å². The first-order valence-electron chi connectivity index (χ1n) is 5.98. The van der Waals surface area contributed by atoms with Crippen LogP contribution in [0, 0.1) is 0 Å². The summed E-state index contributed by atoms with van der Waals surface area (Å²) >= 11 is 0. The minimum Gasteiger partial charge on any atom is -0.368 e. The van der Waals surface area contributed by atoms with Crippen LogP contribution < -0.4 is 11.5 Å². The number of carbonyl (C=O) groups excluding carboxylic acids is 1. The number of nitrogens with zero attached hydrogens (tertiary/aromatic N) is 2. The van der Waals surface area contributed by atoms with Gasteiger partial charge in [0, 0.05) is 6.20 Å². The SMILES string of the molecule is NC(=O)C(N)(Cn1ccc(C(F)(F)F)n1)c1ccccc1. The third-order valence-electron chi connectivity index (χ3n) is 3.07. The maximum atomic E-state index is 12.5. The van der Waals surface area contributed by atoms with Crippen LogP contribution in [0.15, 0.2) is 42.6 Å². The highest BCUT2D eigenvalue weighted by atomic mass is 19.4. The summed E-state index contributed by atoms with van der Waals surface area (Å²) in [6.07, 6.45) is -3.45. The summed E-state index contributed by atoms with van der Waals surface area (Å²) in [4.78, 5) is 11.7. The molecular weight excluding hydrogens is 285 g/mol. The first-order valence-corrected chi connectivity index (χ1v) is 5.98. The minimum absolute atomic E-state index is 0.289. The molecule has 1 atom stereocenters. The predicted molar refractivity (Wildman–Crippen MR) is 68.7 cm³/mol. The van der Waals surface area contributed by atoms with Gasteiger partial charge in [-0.05, 0) is 11.6 Å². The lowest BCUT2D eigenvalue weighted by Crippen LogP contribution is -2.52. The van der Waals surface area contributed by atoms with Gasteiger partial charge in [-0.25, -0.2) is 0 Å². The van der Waals surface area contributed by atoms with Crippen LogP contribution in [-0.4, -0.2) is 15.7 Å². The van der Waals surface area contributed by atoms with Crippen LogP contribution in [0.3, 0.4) is 0 Å². The Morgan fingerprint density at radius 1 is 1.19 bits per heavy atom. The molecule has 4 N–H and O–H groups in total. The number of halogens is 3. The first kappa shape index (κ1) is 15.0. The van der Waals surface area contributed by atoms with Gasteiger partial charge in [0.2, 0.25) is 5.91 Å². The molecule has 1 aromatic heterocycles. The molecule has 8 heteroatoms. The van der Waals surface area contributed by atoms with Crippen molar-refractivity contribution < 1.29 is 18.0 Å². The van der Waals surface area contributed by atoms with Gasteiger partial charge in [0.1, 0.15) is 5.54 Å². The van der Waals surface area contributed by atoms with Crippen molar-refractivity contribution in [2.24, 2.45) is 11.5 Å². The standard InChI is InChI=1S/C13H13F3N4O/c14-13(15,16)10-6-7-20(19-10)8-12(18,11(17)21)9-4-2-1-3-5-9/h1-7H,8,18H2,(H2,17,21). The molecule has 1 unspecified atom stereocenters. The van der Waals surface area contributed by atoms with Crippen LogP contribution in [0.4, 0.5) is 13.2 Å². The van der Waals surface area contributed by atoms with Crippen LogP contribution in [-0.2, 0) is 23.1 Å². The zero-order valence-corrected chi connectivity index (χ0v) is 10.8. The van der Waals surface area contributed by atoms with E-state index in [1.54, 1.807) is 30.3 Å². The maximum absolute atomic E-state index is 12.5. The quantitative estimate of drug-likeness (QED) is 0.890. The molecule has 0 fully saturated rings. The number of hydrogen-bond donors (Lipinski definition) is 2. The third kappa shape index (κ3) is 3.05. The first-order chi connectivity index (χ1) is 9.73. The molecule has 0 aliphatic carbocycles. The Morgan fingerprint density at radius 3 is 2.29 bits per heavy atom. The molecule has 21 heavy (non-hydrogen) atoms. The fourth-order valence-corrected chi connectivity index (χ4v) is 1.90. The molecule has 0 aliphatic heterocycles. The second kappa shape index (κ2) is 5.21. The molecule has 1 heterocycles. The number of rotatable bonds is 4. The number of hydrogen-bond acceptors (Lipinski definition) is 3. The second-order valence-electron chi connectivity index (χ2n) is 4.60. The lowest BCUT2D eigenvalue weighted by molar-refractivity contribution is -0.141. The van der Waals surface area contributed by atoms with E-state index in [0.717, 1.165) is 16.9 Å². The van der Waals surface area contributed by atoms with Gasteiger partial charge in [-0.15, -0.1) is 0 Å². The maximum Gasteiger partial charge on any atom is 0.435 e. The number of alkyl halides is 3. The Kier molecular flexibility index (Phi) is 3.73. The Balaban J connectivity index is 2.34. The Hall–Kier alpha value is -2.35. The molecule has 2 aromatic rings. The molecule has 0 aliphatic rings. The van der Waals surface area contributed by atoms with Crippen LogP contribution in [0.5, 0.6) is 0 Å². The van der Waals surface area contributed by atoms with Crippen molar-refractivity contribution in [3.05, 3.63) is 53.9 Å². The number of benzene rings is 1. The van der Waals surface area contributed by atoms with Gasteiger partial charge in [0.25, 0.3) is 0 Å². The molecule has 0 bridgehead atoms. The third-order valence-corrected chi connectivity index (χ3v) is 3.07. The Bertz CT molecular complexity index is 638. The van der Waals surface area contributed by atoms with Gasteiger partial charge in [0.15, 0.2) is 5.69 Å². The van der Waals surface area contributed by atoms with E-state index < -0.39 is 23.3 Å². The summed E-state index contributed by atoms with van der Waals surface area (Å²) in [6, 6.07) is 9.01. The largest absolute Gasteiger partial charge is 0.435 e. The van der Waals surface area contributed by atoms with E-state index in [1.165, 1.54) is 0 Å². The highest BCUT2D eigenvalue weighted by Crippen LogP contribution is 2.28. The van der Waals surface area contributed by atoms with Crippen molar-refractivity contribution in [1.82, 2.24) is 9.78 Å². The second-order valence-corrected chi connectivity index (χ2v) is 4.60. The van der Waals surface area contributed by atoms with E-state index >= 15 is 0 Å². The average molecular weight is 298 g/mol. The Labute approximate surface area is 118 Å². The van der Waals surface area contributed by atoms with Gasteiger partial charge < -0.3 is 11.5 Å². The van der Waals surface area contributed by atoms with E-state index in [4.69, 9.17) is 11.5 Å². The van der Waals surface area contributed by atoms with Crippen molar-refractivity contribution in [3.63, 3.8) is 0 Å².